The van der Waals surface area contributed by atoms with Crippen LogP contribution >= 0.6 is 15.9 Å². The van der Waals surface area contributed by atoms with E-state index < -0.39 is 28.5 Å². The first-order valence-corrected chi connectivity index (χ1v) is 13.8. The van der Waals surface area contributed by atoms with Crippen molar-refractivity contribution in [3.63, 3.8) is 0 Å². The molecule has 9 heteroatoms. The smallest absolute Gasteiger partial charge is 0.264 e. The Kier molecular flexibility index (Phi) is 9.28. The van der Waals surface area contributed by atoms with Crippen molar-refractivity contribution in [2.45, 2.75) is 38.3 Å². The summed E-state index contributed by atoms with van der Waals surface area (Å²) in [5.41, 5.74) is 1.93. The van der Waals surface area contributed by atoms with Gasteiger partial charge >= 0.3 is 0 Å². The van der Waals surface area contributed by atoms with Gasteiger partial charge in [0.1, 0.15) is 12.6 Å². The normalized spacial score (nSPS) is 12.0. The SMILES string of the molecule is CCNC(=O)[C@H](C)N(Cc1ccc(Br)cc1)C(=O)CN(c1ccccc1C)S(=O)(=O)c1ccccc1. The Bertz CT molecular complexity index is 1300. The lowest BCUT2D eigenvalue weighted by atomic mass is 10.1. The number of carbonyl (C=O) groups is 2. The van der Waals surface area contributed by atoms with Crippen molar-refractivity contribution in [3.05, 3.63) is 94.5 Å². The van der Waals surface area contributed by atoms with Gasteiger partial charge in [-0.15, -0.1) is 0 Å². The van der Waals surface area contributed by atoms with Gasteiger partial charge in [0.15, 0.2) is 0 Å². The first-order valence-electron chi connectivity index (χ1n) is 11.6. The van der Waals surface area contributed by atoms with E-state index in [2.05, 4.69) is 21.2 Å². The Balaban J connectivity index is 2.02. The summed E-state index contributed by atoms with van der Waals surface area (Å²) in [6.07, 6.45) is 0. The topological polar surface area (TPSA) is 86.8 Å². The fraction of sp³-hybridized carbons (Fsp3) is 0.259. The van der Waals surface area contributed by atoms with Crippen molar-refractivity contribution in [3.8, 4) is 0 Å². The zero-order valence-electron chi connectivity index (χ0n) is 20.5. The molecule has 0 saturated heterocycles. The molecule has 0 aromatic heterocycles. The van der Waals surface area contributed by atoms with E-state index in [0.29, 0.717) is 17.8 Å². The molecule has 3 rings (SSSR count). The summed E-state index contributed by atoms with van der Waals surface area (Å²) in [6, 6.07) is 21.6. The molecule has 0 heterocycles. The zero-order valence-corrected chi connectivity index (χ0v) is 22.9. The number of aryl methyl sites for hydroxylation is 1. The lowest BCUT2D eigenvalue weighted by molar-refractivity contribution is -0.139. The quantitative estimate of drug-likeness (QED) is 0.388. The van der Waals surface area contributed by atoms with Gasteiger partial charge in [-0.05, 0) is 62.2 Å². The summed E-state index contributed by atoms with van der Waals surface area (Å²) in [7, 11) is -4.06. The Morgan fingerprint density at radius 1 is 0.944 bits per heavy atom. The Morgan fingerprint density at radius 3 is 2.17 bits per heavy atom. The molecule has 36 heavy (non-hydrogen) atoms. The van der Waals surface area contributed by atoms with E-state index in [4.69, 9.17) is 0 Å². The number of likely N-dealkylation sites (N-methyl/N-ethyl adjacent to an activating group) is 1. The van der Waals surface area contributed by atoms with E-state index in [1.54, 1.807) is 57.2 Å². The number of rotatable bonds is 10. The summed E-state index contributed by atoms with van der Waals surface area (Å²) in [4.78, 5) is 28.0. The lowest BCUT2D eigenvalue weighted by Crippen LogP contribution is -2.51. The molecule has 0 saturated carbocycles. The molecule has 1 atom stereocenters. The first-order chi connectivity index (χ1) is 17.1. The van der Waals surface area contributed by atoms with E-state index in [0.717, 1.165) is 14.3 Å². The number of amides is 2. The maximum Gasteiger partial charge on any atom is 0.264 e. The maximum atomic E-state index is 13.8. The summed E-state index contributed by atoms with van der Waals surface area (Å²) >= 11 is 3.40. The molecule has 0 aliphatic carbocycles. The predicted octanol–water partition coefficient (Wildman–Crippen LogP) is 4.51. The highest BCUT2D eigenvalue weighted by atomic mass is 79.9. The van der Waals surface area contributed by atoms with Crippen molar-refractivity contribution in [1.29, 1.82) is 0 Å². The molecular formula is C27H30BrN3O4S. The van der Waals surface area contributed by atoms with Gasteiger partial charge in [0, 0.05) is 17.6 Å². The van der Waals surface area contributed by atoms with Gasteiger partial charge < -0.3 is 10.2 Å². The number of para-hydroxylation sites is 1. The number of nitrogens with zero attached hydrogens (tertiary/aromatic N) is 2. The minimum absolute atomic E-state index is 0.0808. The van der Waals surface area contributed by atoms with Crippen LogP contribution in [0.15, 0.2) is 88.2 Å². The number of sulfonamides is 1. The van der Waals surface area contributed by atoms with Gasteiger partial charge in [0.05, 0.1) is 10.6 Å². The summed E-state index contributed by atoms with van der Waals surface area (Å²) in [5, 5.41) is 2.75. The number of carbonyl (C=O) groups excluding carboxylic acids is 2. The van der Waals surface area contributed by atoms with Crippen LogP contribution in [0.3, 0.4) is 0 Å². The molecule has 0 radical (unpaired) electrons. The largest absolute Gasteiger partial charge is 0.355 e. The summed E-state index contributed by atoms with van der Waals surface area (Å²) < 4.78 is 29.4. The fourth-order valence-electron chi connectivity index (χ4n) is 3.77. The van der Waals surface area contributed by atoms with Crippen molar-refractivity contribution >= 4 is 43.5 Å². The molecule has 0 aliphatic heterocycles. The van der Waals surface area contributed by atoms with Crippen molar-refractivity contribution < 1.29 is 18.0 Å². The van der Waals surface area contributed by atoms with Crippen LogP contribution in [0.5, 0.6) is 0 Å². The average Bonchev–Trinajstić information content (AvgIpc) is 2.87. The molecule has 1 N–H and O–H groups in total. The second kappa shape index (κ2) is 12.2. The van der Waals surface area contributed by atoms with Crippen LogP contribution in [-0.4, -0.2) is 44.3 Å². The highest BCUT2D eigenvalue weighted by Crippen LogP contribution is 2.27. The number of anilines is 1. The summed E-state index contributed by atoms with van der Waals surface area (Å²) in [6.45, 7) is 5.36. The third-order valence-corrected chi connectivity index (χ3v) is 8.08. The van der Waals surface area contributed by atoms with Gasteiger partial charge in [-0.1, -0.05) is 64.5 Å². The molecule has 0 fully saturated rings. The summed E-state index contributed by atoms with van der Waals surface area (Å²) in [5.74, 6) is -0.796. The third kappa shape index (κ3) is 6.53. The van der Waals surface area contributed by atoms with Crippen molar-refractivity contribution in [1.82, 2.24) is 10.2 Å². The monoisotopic (exact) mass is 571 g/mol. The van der Waals surface area contributed by atoms with Gasteiger partial charge in [0.25, 0.3) is 10.0 Å². The van der Waals surface area contributed by atoms with Gasteiger partial charge in [0.2, 0.25) is 11.8 Å². The molecule has 3 aromatic rings. The van der Waals surface area contributed by atoms with E-state index in [1.807, 2.05) is 30.3 Å². The van der Waals surface area contributed by atoms with Crippen LogP contribution in [0.4, 0.5) is 5.69 Å². The second-order valence-corrected chi connectivity index (χ2v) is 11.1. The van der Waals surface area contributed by atoms with Gasteiger partial charge in [-0.2, -0.15) is 0 Å². The fourth-order valence-corrected chi connectivity index (χ4v) is 5.53. The number of hydrogen-bond donors (Lipinski definition) is 1. The van der Waals surface area contributed by atoms with Gasteiger partial charge in [-0.25, -0.2) is 8.42 Å². The number of nitrogens with one attached hydrogen (secondary N) is 1. The molecule has 0 bridgehead atoms. The number of halogens is 1. The Labute approximate surface area is 221 Å². The molecule has 2 amide bonds. The zero-order chi connectivity index (χ0) is 26.3. The lowest BCUT2D eigenvalue weighted by Gasteiger charge is -2.32. The molecule has 0 aliphatic rings. The van der Waals surface area contributed by atoms with Crippen LogP contribution in [0.2, 0.25) is 0 Å². The van der Waals surface area contributed by atoms with Crippen LogP contribution in [0.25, 0.3) is 0 Å². The van der Waals surface area contributed by atoms with Crippen molar-refractivity contribution in [2.24, 2.45) is 0 Å². The average molecular weight is 573 g/mol. The minimum atomic E-state index is -4.06. The standard InChI is InChI=1S/C27H30BrN3O4S/c1-4-29-27(33)21(3)30(18-22-14-16-23(28)17-15-22)26(32)19-31(25-13-9-8-10-20(25)2)36(34,35)24-11-6-5-7-12-24/h5-17,21H,4,18-19H2,1-3H3,(H,29,33)/t21-/m0/s1. The van der Waals surface area contributed by atoms with E-state index in [9.17, 15) is 18.0 Å². The molecule has 3 aromatic carbocycles. The van der Waals surface area contributed by atoms with Crippen molar-refractivity contribution in [2.75, 3.05) is 17.4 Å². The number of hydrogen-bond acceptors (Lipinski definition) is 4. The molecule has 0 spiro atoms. The van der Waals surface area contributed by atoms with E-state index >= 15 is 0 Å². The van der Waals surface area contributed by atoms with Crippen LogP contribution in [0.1, 0.15) is 25.0 Å². The van der Waals surface area contributed by atoms with Crippen LogP contribution in [0, 0.1) is 6.92 Å². The Morgan fingerprint density at radius 2 is 1.56 bits per heavy atom. The Hall–Kier alpha value is -3.17. The molecule has 7 nitrogen and oxygen atoms in total. The van der Waals surface area contributed by atoms with Gasteiger partial charge in [-0.3, -0.25) is 13.9 Å². The number of benzene rings is 3. The molecule has 190 valence electrons. The molecule has 0 unspecified atom stereocenters. The van der Waals surface area contributed by atoms with E-state index in [1.165, 1.54) is 17.0 Å². The minimum Gasteiger partial charge on any atom is -0.355 e. The van der Waals surface area contributed by atoms with Crippen LogP contribution in [-0.2, 0) is 26.2 Å². The maximum absolute atomic E-state index is 13.8. The van der Waals surface area contributed by atoms with E-state index in [-0.39, 0.29) is 17.3 Å². The van der Waals surface area contributed by atoms with Crippen LogP contribution < -0.4 is 9.62 Å². The predicted molar refractivity (Wildman–Crippen MR) is 145 cm³/mol. The third-order valence-electron chi connectivity index (χ3n) is 5.78. The highest BCUT2D eigenvalue weighted by molar-refractivity contribution is 9.10. The highest BCUT2D eigenvalue weighted by Gasteiger charge is 2.32. The second-order valence-electron chi connectivity index (χ2n) is 8.33. The first kappa shape index (κ1) is 27.4. The molecular weight excluding hydrogens is 542 g/mol.